The molecular formula is C19H22N4O4. The summed E-state index contributed by atoms with van der Waals surface area (Å²) in [6.07, 6.45) is 1.67. The quantitative estimate of drug-likeness (QED) is 0.438. The van der Waals surface area contributed by atoms with Crippen LogP contribution in [-0.2, 0) is 9.53 Å². The third kappa shape index (κ3) is 4.59. The summed E-state index contributed by atoms with van der Waals surface area (Å²) in [6, 6.07) is 11.0. The lowest BCUT2D eigenvalue weighted by molar-refractivity contribution is -0.384. The highest BCUT2D eigenvalue weighted by Gasteiger charge is 2.26. The van der Waals surface area contributed by atoms with Gasteiger partial charge in [0.2, 0.25) is 5.82 Å². The Kier molecular flexibility index (Phi) is 5.97. The smallest absolute Gasteiger partial charge is 0.320 e. The van der Waals surface area contributed by atoms with Crippen molar-refractivity contribution in [3.63, 3.8) is 0 Å². The molecule has 2 aromatic rings. The van der Waals surface area contributed by atoms with E-state index in [1.807, 2.05) is 40.1 Å². The highest BCUT2D eigenvalue weighted by molar-refractivity contribution is 5.72. The summed E-state index contributed by atoms with van der Waals surface area (Å²) in [4.78, 5) is 31.1. The number of carbonyl (C=O) groups excluding carboxylic acids is 1. The van der Waals surface area contributed by atoms with Crippen LogP contribution in [0.25, 0.3) is 11.1 Å². The number of carbonyl (C=O) groups is 1. The normalized spacial score (nSPS) is 14.8. The van der Waals surface area contributed by atoms with Gasteiger partial charge in [-0.2, -0.15) is 0 Å². The zero-order chi connectivity index (χ0) is 19.2. The predicted molar refractivity (Wildman–Crippen MR) is 102 cm³/mol. The monoisotopic (exact) mass is 370 g/mol. The minimum atomic E-state index is -0.389. The highest BCUT2D eigenvalue weighted by Crippen LogP contribution is 2.31. The van der Waals surface area contributed by atoms with Crippen molar-refractivity contribution in [1.82, 2.24) is 9.88 Å². The van der Waals surface area contributed by atoms with Gasteiger partial charge in [0.25, 0.3) is 0 Å². The van der Waals surface area contributed by atoms with Crippen molar-refractivity contribution in [2.45, 2.75) is 6.92 Å². The predicted octanol–water partition coefficient (Wildman–Crippen LogP) is 2.34. The van der Waals surface area contributed by atoms with E-state index >= 15 is 0 Å². The summed E-state index contributed by atoms with van der Waals surface area (Å²) in [5.41, 5.74) is 1.60. The van der Waals surface area contributed by atoms with Crippen molar-refractivity contribution >= 4 is 17.5 Å². The molecule has 1 fully saturated rings. The number of hydrogen-bond donors (Lipinski definition) is 0. The van der Waals surface area contributed by atoms with E-state index in [2.05, 4.69) is 4.98 Å². The Morgan fingerprint density at radius 3 is 2.52 bits per heavy atom. The van der Waals surface area contributed by atoms with E-state index in [4.69, 9.17) is 4.74 Å². The Labute approximate surface area is 157 Å². The lowest BCUT2D eigenvalue weighted by atomic mass is 10.1. The molecule has 0 amide bonds. The van der Waals surface area contributed by atoms with Gasteiger partial charge in [-0.25, -0.2) is 4.98 Å². The number of aromatic nitrogens is 1. The molecule has 0 radical (unpaired) electrons. The summed E-state index contributed by atoms with van der Waals surface area (Å²) >= 11 is 0. The fraction of sp³-hybridized carbons (Fsp3) is 0.368. The highest BCUT2D eigenvalue weighted by atomic mass is 16.6. The molecule has 0 bridgehead atoms. The van der Waals surface area contributed by atoms with Gasteiger partial charge in [-0.15, -0.1) is 0 Å². The van der Waals surface area contributed by atoms with Gasteiger partial charge >= 0.3 is 11.7 Å². The van der Waals surface area contributed by atoms with Crippen molar-refractivity contribution in [3.8, 4) is 11.1 Å². The summed E-state index contributed by atoms with van der Waals surface area (Å²) in [6.45, 7) is 4.76. The van der Waals surface area contributed by atoms with Gasteiger partial charge in [-0.1, -0.05) is 30.3 Å². The third-order valence-corrected chi connectivity index (χ3v) is 4.48. The van der Waals surface area contributed by atoms with E-state index in [1.165, 1.54) is 0 Å². The van der Waals surface area contributed by atoms with Crippen LogP contribution in [0.15, 0.2) is 42.6 Å². The van der Waals surface area contributed by atoms with E-state index in [9.17, 15) is 14.9 Å². The molecule has 1 aromatic carbocycles. The van der Waals surface area contributed by atoms with Crippen molar-refractivity contribution in [3.05, 3.63) is 52.7 Å². The number of pyridine rings is 1. The average Bonchev–Trinajstić information content (AvgIpc) is 2.69. The lowest BCUT2D eigenvalue weighted by Gasteiger charge is -2.34. The fourth-order valence-electron chi connectivity index (χ4n) is 3.12. The number of hydrogen-bond acceptors (Lipinski definition) is 7. The first-order valence-electron chi connectivity index (χ1n) is 8.91. The molecule has 3 rings (SSSR count). The van der Waals surface area contributed by atoms with Crippen LogP contribution in [0.2, 0.25) is 0 Å². The molecule has 1 aromatic heterocycles. The van der Waals surface area contributed by atoms with Crippen molar-refractivity contribution in [1.29, 1.82) is 0 Å². The zero-order valence-corrected chi connectivity index (χ0v) is 15.2. The van der Waals surface area contributed by atoms with Gasteiger partial charge in [-0.05, 0) is 12.5 Å². The SMILES string of the molecule is CCOC(=O)CN1CCN(c2ncc(-c3ccccc3)cc2[N+](=O)[O-])CC1. The molecule has 142 valence electrons. The van der Waals surface area contributed by atoms with Crippen LogP contribution in [-0.4, -0.2) is 60.1 Å². The first-order chi connectivity index (χ1) is 13.1. The number of anilines is 1. The maximum atomic E-state index is 11.6. The number of ether oxygens (including phenoxy) is 1. The van der Waals surface area contributed by atoms with Gasteiger partial charge in [0, 0.05) is 44.0 Å². The number of nitro groups is 1. The van der Waals surface area contributed by atoms with E-state index < -0.39 is 0 Å². The third-order valence-electron chi connectivity index (χ3n) is 4.48. The molecule has 0 atom stereocenters. The maximum absolute atomic E-state index is 11.6. The minimum absolute atomic E-state index is 0.00445. The van der Waals surface area contributed by atoms with E-state index in [0.717, 1.165) is 5.56 Å². The second kappa shape index (κ2) is 8.59. The molecule has 1 saturated heterocycles. The summed E-state index contributed by atoms with van der Waals surface area (Å²) in [5.74, 6) is 0.123. The van der Waals surface area contributed by atoms with Crippen molar-refractivity contribution < 1.29 is 14.5 Å². The molecule has 0 spiro atoms. The molecule has 27 heavy (non-hydrogen) atoms. The van der Waals surface area contributed by atoms with Gasteiger partial charge in [0.05, 0.1) is 18.1 Å². The Morgan fingerprint density at radius 2 is 1.89 bits per heavy atom. The summed E-state index contributed by atoms with van der Waals surface area (Å²) < 4.78 is 4.97. The molecule has 0 N–H and O–H groups in total. The van der Waals surface area contributed by atoms with E-state index in [1.54, 1.807) is 19.2 Å². The van der Waals surface area contributed by atoms with E-state index in [-0.39, 0.29) is 23.1 Å². The van der Waals surface area contributed by atoms with Crippen LogP contribution < -0.4 is 4.90 Å². The number of esters is 1. The van der Waals surface area contributed by atoms with Crippen LogP contribution in [0.5, 0.6) is 0 Å². The first kappa shape index (κ1) is 18.8. The second-order valence-corrected chi connectivity index (χ2v) is 6.26. The second-order valence-electron chi connectivity index (χ2n) is 6.26. The van der Waals surface area contributed by atoms with Crippen LogP contribution in [0, 0.1) is 10.1 Å². The van der Waals surface area contributed by atoms with Crippen molar-refractivity contribution in [2.24, 2.45) is 0 Å². The molecule has 1 aliphatic rings. The zero-order valence-electron chi connectivity index (χ0n) is 15.2. The van der Waals surface area contributed by atoms with Gasteiger partial charge in [0.15, 0.2) is 0 Å². The van der Waals surface area contributed by atoms with Crippen LogP contribution in [0.3, 0.4) is 0 Å². The number of rotatable bonds is 6. The standard InChI is InChI=1S/C19H22N4O4/c1-2-27-18(24)14-21-8-10-22(11-9-21)19-17(23(25)26)12-16(13-20-19)15-6-4-3-5-7-15/h3-7,12-13H,2,8-11,14H2,1H3. The Morgan fingerprint density at radius 1 is 1.19 bits per heavy atom. The van der Waals surface area contributed by atoms with Gasteiger partial charge in [0.1, 0.15) is 0 Å². The molecule has 0 saturated carbocycles. The summed E-state index contributed by atoms with van der Waals surface area (Å²) in [5, 5.41) is 11.6. The molecule has 8 nitrogen and oxygen atoms in total. The fourth-order valence-corrected chi connectivity index (χ4v) is 3.12. The number of nitrogens with zero attached hydrogens (tertiary/aromatic N) is 4. The molecule has 0 aliphatic carbocycles. The number of piperazine rings is 1. The Hall–Kier alpha value is -3.00. The topological polar surface area (TPSA) is 88.8 Å². The van der Waals surface area contributed by atoms with Crippen LogP contribution in [0.4, 0.5) is 11.5 Å². The van der Waals surface area contributed by atoms with Gasteiger partial charge < -0.3 is 9.64 Å². The average molecular weight is 370 g/mol. The largest absolute Gasteiger partial charge is 0.465 e. The first-order valence-corrected chi connectivity index (χ1v) is 8.91. The number of benzene rings is 1. The van der Waals surface area contributed by atoms with Gasteiger partial charge in [-0.3, -0.25) is 19.8 Å². The molecular weight excluding hydrogens is 348 g/mol. The molecule has 2 heterocycles. The Balaban J connectivity index is 1.73. The van der Waals surface area contributed by atoms with Crippen LogP contribution in [0.1, 0.15) is 6.92 Å². The molecule has 0 unspecified atom stereocenters. The minimum Gasteiger partial charge on any atom is -0.465 e. The lowest BCUT2D eigenvalue weighted by Crippen LogP contribution is -2.48. The molecule has 1 aliphatic heterocycles. The van der Waals surface area contributed by atoms with Crippen molar-refractivity contribution in [2.75, 3.05) is 44.2 Å². The van der Waals surface area contributed by atoms with Crippen LogP contribution >= 0.6 is 0 Å². The Bertz CT molecular complexity index is 805. The summed E-state index contributed by atoms with van der Waals surface area (Å²) in [7, 11) is 0. The van der Waals surface area contributed by atoms with E-state index in [0.29, 0.717) is 44.2 Å². The maximum Gasteiger partial charge on any atom is 0.320 e. The molecule has 8 heteroatoms.